The van der Waals surface area contributed by atoms with E-state index in [0.717, 1.165) is 0 Å². The van der Waals surface area contributed by atoms with E-state index in [1.165, 1.54) is 13.2 Å². The van der Waals surface area contributed by atoms with Gasteiger partial charge in [0.15, 0.2) is 0 Å². The van der Waals surface area contributed by atoms with Crippen LogP contribution in [-0.4, -0.2) is 13.1 Å². The molecule has 0 atom stereocenters. The Hall–Kier alpha value is -2.20. The smallest absolute Gasteiger partial charge is 0.341 e. The summed E-state index contributed by atoms with van der Waals surface area (Å²) in [6.45, 7) is 0. The van der Waals surface area contributed by atoms with Crippen molar-refractivity contribution >= 4 is 23.3 Å². The first kappa shape index (κ1) is 13.2. The molecule has 4 nitrogen and oxygen atoms in total. The van der Waals surface area contributed by atoms with E-state index in [1.54, 1.807) is 36.4 Å². The molecule has 2 rings (SSSR count). The number of methoxy groups -OCH3 is 1. The Morgan fingerprint density at radius 1 is 1.16 bits per heavy atom. The monoisotopic (exact) mass is 277 g/mol. The highest BCUT2D eigenvalue weighted by Gasteiger charge is 2.15. The third kappa shape index (κ3) is 2.98. The molecule has 2 aromatic rings. The lowest BCUT2D eigenvalue weighted by Gasteiger charge is -2.11. The Morgan fingerprint density at radius 3 is 2.58 bits per heavy atom. The van der Waals surface area contributed by atoms with Crippen LogP contribution < -0.4 is 10.5 Å². The summed E-state index contributed by atoms with van der Waals surface area (Å²) in [4.78, 5) is 11.7. The van der Waals surface area contributed by atoms with Gasteiger partial charge in [0.05, 0.1) is 12.8 Å². The maximum Gasteiger partial charge on any atom is 0.341 e. The summed E-state index contributed by atoms with van der Waals surface area (Å²) in [6, 6.07) is 11.7. The number of benzene rings is 2. The molecule has 0 aromatic heterocycles. The minimum atomic E-state index is -0.521. The Bertz CT molecular complexity index is 613. The number of rotatable bonds is 3. The second-order valence-electron chi connectivity index (χ2n) is 3.77. The van der Waals surface area contributed by atoms with Gasteiger partial charge in [-0.1, -0.05) is 23.7 Å². The first-order chi connectivity index (χ1) is 9.11. The van der Waals surface area contributed by atoms with Crippen molar-refractivity contribution < 1.29 is 14.3 Å². The van der Waals surface area contributed by atoms with Gasteiger partial charge in [-0.15, -0.1) is 0 Å². The lowest BCUT2D eigenvalue weighted by Crippen LogP contribution is -2.04. The molecular formula is C14H12ClNO3. The normalized spacial score (nSPS) is 10.0. The maximum atomic E-state index is 11.7. The predicted molar refractivity (Wildman–Crippen MR) is 73.7 cm³/mol. The fraction of sp³-hybridized carbons (Fsp3) is 0.0714. The third-order valence-electron chi connectivity index (χ3n) is 2.49. The summed E-state index contributed by atoms with van der Waals surface area (Å²) in [5, 5.41) is 0.425. The number of nitrogen functional groups attached to an aromatic ring is 1. The number of carbonyl (C=O) groups is 1. The Labute approximate surface area is 115 Å². The molecule has 19 heavy (non-hydrogen) atoms. The van der Waals surface area contributed by atoms with Gasteiger partial charge < -0.3 is 15.2 Å². The topological polar surface area (TPSA) is 61.5 Å². The minimum absolute atomic E-state index is 0.248. The SMILES string of the molecule is COC(=O)c1cc(Cl)ccc1Oc1ccccc1N. The van der Waals surface area contributed by atoms with Crippen molar-refractivity contribution in [2.75, 3.05) is 12.8 Å². The number of para-hydroxylation sites is 2. The van der Waals surface area contributed by atoms with Crippen molar-refractivity contribution in [3.63, 3.8) is 0 Å². The molecule has 98 valence electrons. The molecule has 0 bridgehead atoms. The standard InChI is InChI=1S/C14H12ClNO3/c1-18-14(17)10-8-9(15)6-7-12(10)19-13-5-3-2-4-11(13)16/h2-8H,16H2,1H3. The molecule has 0 saturated carbocycles. The van der Waals surface area contributed by atoms with Crippen LogP contribution in [0, 0.1) is 0 Å². The van der Waals surface area contributed by atoms with Crippen LogP contribution in [0.25, 0.3) is 0 Å². The number of esters is 1. The molecule has 0 aliphatic heterocycles. The van der Waals surface area contributed by atoms with E-state index < -0.39 is 5.97 Å². The van der Waals surface area contributed by atoms with Crippen LogP contribution in [0.5, 0.6) is 11.5 Å². The zero-order valence-corrected chi connectivity index (χ0v) is 11.0. The second kappa shape index (κ2) is 5.63. The molecular weight excluding hydrogens is 266 g/mol. The summed E-state index contributed by atoms with van der Waals surface area (Å²) >= 11 is 5.86. The number of halogens is 1. The zero-order chi connectivity index (χ0) is 13.8. The van der Waals surface area contributed by atoms with Crippen molar-refractivity contribution in [2.24, 2.45) is 0 Å². The number of nitrogens with two attached hydrogens (primary N) is 1. The molecule has 0 saturated heterocycles. The molecule has 0 heterocycles. The van der Waals surface area contributed by atoms with E-state index >= 15 is 0 Å². The number of carbonyl (C=O) groups excluding carboxylic acids is 1. The van der Waals surface area contributed by atoms with Gasteiger partial charge in [0, 0.05) is 5.02 Å². The van der Waals surface area contributed by atoms with E-state index in [4.69, 9.17) is 26.8 Å². The number of hydrogen-bond donors (Lipinski definition) is 1. The lowest BCUT2D eigenvalue weighted by molar-refractivity contribution is 0.0598. The van der Waals surface area contributed by atoms with E-state index in [1.807, 2.05) is 0 Å². The molecule has 0 aliphatic carbocycles. The highest BCUT2D eigenvalue weighted by atomic mass is 35.5. The third-order valence-corrected chi connectivity index (χ3v) is 2.72. The van der Waals surface area contributed by atoms with Crippen LogP contribution in [0.3, 0.4) is 0 Å². The summed E-state index contributed by atoms with van der Waals surface area (Å²) in [5.41, 5.74) is 6.52. The minimum Gasteiger partial charge on any atom is -0.465 e. The molecule has 0 unspecified atom stereocenters. The Balaban J connectivity index is 2.40. The van der Waals surface area contributed by atoms with Crippen LogP contribution >= 0.6 is 11.6 Å². The largest absolute Gasteiger partial charge is 0.465 e. The summed E-state index contributed by atoms with van der Waals surface area (Å²) in [7, 11) is 1.30. The first-order valence-corrected chi connectivity index (χ1v) is 5.90. The van der Waals surface area contributed by atoms with Crippen molar-refractivity contribution in [3.05, 3.63) is 53.1 Å². The molecule has 0 fully saturated rings. The summed E-state index contributed by atoms with van der Waals surface area (Å²) < 4.78 is 10.3. The van der Waals surface area contributed by atoms with Gasteiger partial charge >= 0.3 is 5.97 Å². The number of ether oxygens (including phenoxy) is 2. The molecule has 5 heteroatoms. The van der Waals surface area contributed by atoms with Crippen molar-refractivity contribution in [3.8, 4) is 11.5 Å². The van der Waals surface area contributed by atoms with Gasteiger partial charge in [0.2, 0.25) is 0 Å². The van der Waals surface area contributed by atoms with Gasteiger partial charge in [-0.3, -0.25) is 0 Å². The Kier molecular flexibility index (Phi) is 3.92. The van der Waals surface area contributed by atoms with Crippen molar-refractivity contribution in [1.82, 2.24) is 0 Å². The first-order valence-electron chi connectivity index (χ1n) is 5.52. The van der Waals surface area contributed by atoms with Gasteiger partial charge in [-0.2, -0.15) is 0 Å². The molecule has 2 aromatic carbocycles. The number of hydrogen-bond acceptors (Lipinski definition) is 4. The Morgan fingerprint density at radius 2 is 1.89 bits per heavy atom. The zero-order valence-electron chi connectivity index (χ0n) is 10.2. The summed E-state index contributed by atoms with van der Waals surface area (Å²) in [5.74, 6) is 0.288. The van der Waals surface area contributed by atoms with Gasteiger partial charge in [-0.25, -0.2) is 4.79 Å². The van der Waals surface area contributed by atoms with Crippen LogP contribution in [-0.2, 0) is 4.74 Å². The average Bonchev–Trinajstić information content (AvgIpc) is 2.42. The maximum absolute atomic E-state index is 11.7. The van der Waals surface area contributed by atoms with Crippen LogP contribution in [0.2, 0.25) is 5.02 Å². The number of anilines is 1. The van der Waals surface area contributed by atoms with Gasteiger partial charge in [0.25, 0.3) is 0 Å². The lowest BCUT2D eigenvalue weighted by atomic mass is 10.2. The van der Waals surface area contributed by atoms with Crippen LogP contribution in [0.1, 0.15) is 10.4 Å². The molecule has 0 aliphatic rings. The van der Waals surface area contributed by atoms with Crippen LogP contribution in [0.4, 0.5) is 5.69 Å². The van der Waals surface area contributed by atoms with E-state index in [9.17, 15) is 4.79 Å². The highest BCUT2D eigenvalue weighted by molar-refractivity contribution is 6.31. The van der Waals surface area contributed by atoms with E-state index in [2.05, 4.69) is 0 Å². The molecule has 0 radical (unpaired) electrons. The molecule has 2 N–H and O–H groups in total. The van der Waals surface area contributed by atoms with Crippen molar-refractivity contribution in [1.29, 1.82) is 0 Å². The molecule has 0 amide bonds. The average molecular weight is 278 g/mol. The summed E-state index contributed by atoms with van der Waals surface area (Å²) in [6.07, 6.45) is 0. The van der Waals surface area contributed by atoms with Gasteiger partial charge in [-0.05, 0) is 30.3 Å². The van der Waals surface area contributed by atoms with Crippen molar-refractivity contribution in [2.45, 2.75) is 0 Å². The quantitative estimate of drug-likeness (QED) is 0.689. The van der Waals surface area contributed by atoms with E-state index in [0.29, 0.717) is 22.2 Å². The predicted octanol–water partition coefficient (Wildman–Crippen LogP) is 3.50. The molecule has 0 spiro atoms. The fourth-order valence-electron chi connectivity index (χ4n) is 1.55. The van der Waals surface area contributed by atoms with Crippen LogP contribution in [0.15, 0.2) is 42.5 Å². The van der Waals surface area contributed by atoms with Gasteiger partial charge in [0.1, 0.15) is 17.1 Å². The van der Waals surface area contributed by atoms with E-state index in [-0.39, 0.29) is 5.56 Å². The second-order valence-corrected chi connectivity index (χ2v) is 4.21. The highest BCUT2D eigenvalue weighted by Crippen LogP contribution is 2.31. The fourth-order valence-corrected chi connectivity index (χ4v) is 1.72.